The first kappa shape index (κ1) is 12.8. The van der Waals surface area contributed by atoms with Crippen LogP contribution in [-0.4, -0.2) is 43.0 Å². The maximum atomic E-state index is 8.62. The van der Waals surface area contributed by atoms with Crippen LogP contribution in [0.5, 0.6) is 0 Å². The van der Waals surface area contributed by atoms with Crippen molar-refractivity contribution in [2.24, 2.45) is 0 Å². The molecule has 0 aliphatic carbocycles. The Morgan fingerprint density at radius 1 is 1.41 bits per heavy atom. The zero-order valence-corrected chi connectivity index (χ0v) is 10.6. The second kappa shape index (κ2) is 6.34. The van der Waals surface area contributed by atoms with Gasteiger partial charge in [0.25, 0.3) is 0 Å². The molecule has 0 aromatic carbocycles. The molecule has 3 atom stereocenters. The van der Waals surface area contributed by atoms with Crippen molar-refractivity contribution in [3.05, 3.63) is 0 Å². The lowest BCUT2D eigenvalue weighted by atomic mass is 9.99. The average Bonchev–Trinajstić information content (AvgIpc) is 2.78. The fraction of sp³-hybridized carbons (Fsp3) is 0.923. The standard InChI is InChI=1S/C13H22N2O2/c1-2-15-8-4-3-5-11(15)9-13-16-10-12(17-13)6-7-14/h11-13H,2-6,8-10H2,1H3. The summed E-state index contributed by atoms with van der Waals surface area (Å²) in [7, 11) is 0. The molecule has 4 heteroatoms. The van der Waals surface area contributed by atoms with Crippen LogP contribution < -0.4 is 0 Å². The van der Waals surface area contributed by atoms with E-state index in [1.165, 1.54) is 25.8 Å². The molecule has 2 rings (SSSR count). The van der Waals surface area contributed by atoms with E-state index in [4.69, 9.17) is 14.7 Å². The van der Waals surface area contributed by atoms with Crippen molar-refractivity contribution in [3.63, 3.8) is 0 Å². The van der Waals surface area contributed by atoms with Crippen LogP contribution in [0.2, 0.25) is 0 Å². The number of rotatable bonds is 4. The maximum Gasteiger partial charge on any atom is 0.159 e. The zero-order valence-electron chi connectivity index (χ0n) is 10.6. The highest BCUT2D eigenvalue weighted by atomic mass is 16.7. The smallest absolute Gasteiger partial charge is 0.159 e. The Labute approximate surface area is 103 Å². The molecule has 96 valence electrons. The molecule has 2 aliphatic rings. The molecule has 0 amide bonds. The van der Waals surface area contributed by atoms with E-state index < -0.39 is 0 Å². The molecule has 3 unspecified atom stereocenters. The second-order valence-corrected chi connectivity index (χ2v) is 4.90. The van der Waals surface area contributed by atoms with Crippen molar-refractivity contribution in [3.8, 4) is 6.07 Å². The summed E-state index contributed by atoms with van der Waals surface area (Å²) in [6.07, 6.45) is 5.17. The van der Waals surface area contributed by atoms with Gasteiger partial charge in [-0.05, 0) is 25.9 Å². The minimum absolute atomic E-state index is 0.0105. The van der Waals surface area contributed by atoms with Gasteiger partial charge in [-0.3, -0.25) is 0 Å². The molecule has 2 heterocycles. The largest absolute Gasteiger partial charge is 0.350 e. The summed E-state index contributed by atoms with van der Waals surface area (Å²) in [5, 5.41) is 8.62. The first-order valence-corrected chi connectivity index (χ1v) is 6.71. The van der Waals surface area contributed by atoms with Crippen LogP contribution in [0.25, 0.3) is 0 Å². The zero-order chi connectivity index (χ0) is 12.1. The molecule has 0 spiro atoms. The van der Waals surface area contributed by atoms with Gasteiger partial charge in [0.05, 0.1) is 25.2 Å². The Morgan fingerprint density at radius 2 is 2.29 bits per heavy atom. The van der Waals surface area contributed by atoms with Gasteiger partial charge in [-0.15, -0.1) is 0 Å². The van der Waals surface area contributed by atoms with Crippen LogP contribution in [0.15, 0.2) is 0 Å². The summed E-state index contributed by atoms with van der Waals surface area (Å²) >= 11 is 0. The minimum Gasteiger partial charge on any atom is -0.350 e. The van der Waals surface area contributed by atoms with Gasteiger partial charge in [0.15, 0.2) is 6.29 Å². The van der Waals surface area contributed by atoms with Crippen LogP contribution in [0.1, 0.15) is 39.0 Å². The van der Waals surface area contributed by atoms with Crippen LogP contribution in [0.4, 0.5) is 0 Å². The predicted octanol–water partition coefficient (Wildman–Crippen LogP) is 1.91. The van der Waals surface area contributed by atoms with E-state index in [1.54, 1.807) is 0 Å². The fourth-order valence-corrected chi connectivity index (χ4v) is 2.81. The lowest BCUT2D eigenvalue weighted by Crippen LogP contribution is -2.41. The third-order valence-electron chi connectivity index (χ3n) is 3.75. The summed E-state index contributed by atoms with van der Waals surface area (Å²) < 4.78 is 11.3. The van der Waals surface area contributed by atoms with Crippen molar-refractivity contribution < 1.29 is 9.47 Å². The first-order chi connectivity index (χ1) is 8.33. The SMILES string of the molecule is CCN1CCCCC1CC1OCC(CC#N)O1. The van der Waals surface area contributed by atoms with Crippen molar-refractivity contribution in [1.29, 1.82) is 5.26 Å². The van der Waals surface area contributed by atoms with E-state index in [0.717, 1.165) is 13.0 Å². The minimum atomic E-state index is -0.0921. The second-order valence-electron chi connectivity index (χ2n) is 4.90. The van der Waals surface area contributed by atoms with Gasteiger partial charge in [0, 0.05) is 12.5 Å². The third kappa shape index (κ3) is 3.41. The van der Waals surface area contributed by atoms with Gasteiger partial charge in [-0.25, -0.2) is 0 Å². The fourth-order valence-electron chi connectivity index (χ4n) is 2.81. The van der Waals surface area contributed by atoms with E-state index in [1.807, 2.05) is 0 Å². The molecular formula is C13H22N2O2. The first-order valence-electron chi connectivity index (χ1n) is 6.71. The highest BCUT2D eigenvalue weighted by molar-refractivity contribution is 4.82. The number of piperidine rings is 1. The van der Waals surface area contributed by atoms with Crippen molar-refractivity contribution >= 4 is 0 Å². The molecule has 17 heavy (non-hydrogen) atoms. The Hall–Kier alpha value is -0.630. The predicted molar refractivity (Wildman–Crippen MR) is 64.3 cm³/mol. The average molecular weight is 238 g/mol. The quantitative estimate of drug-likeness (QED) is 0.750. The highest BCUT2D eigenvalue weighted by Crippen LogP contribution is 2.25. The summed E-state index contributed by atoms with van der Waals surface area (Å²) in [5.74, 6) is 0. The molecule has 0 saturated carbocycles. The molecule has 0 aromatic heterocycles. The Morgan fingerprint density at radius 3 is 3.06 bits per heavy atom. The third-order valence-corrected chi connectivity index (χ3v) is 3.75. The van der Waals surface area contributed by atoms with E-state index in [0.29, 0.717) is 19.1 Å². The van der Waals surface area contributed by atoms with Gasteiger partial charge >= 0.3 is 0 Å². The van der Waals surface area contributed by atoms with E-state index in [2.05, 4.69) is 17.9 Å². The molecule has 2 saturated heterocycles. The summed E-state index contributed by atoms with van der Waals surface area (Å²) in [6.45, 7) is 5.11. The normalized spacial score (nSPS) is 34.7. The van der Waals surface area contributed by atoms with Gasteiger partial charge in [0.2, 0.25) is 0 Å². The molecular weight excluding hydrogens is 216 g/mol. The lowest BCUT2D eigenvalue weighted by Gasteiger charge is -2.35. The maximum absolute atomic E-state index is 8.62. The Kier molecular flexibility index (Phi) is 4.78. The molecule has 4 nitrogen and oxygen atoms in total. The van der Waals surface area contributed by atoms with Crippen LogP contribution in [0.3, 0.4) is 0 Å². The summed E-state index contributed by atoms with van der Waals surface area (Å²) in [5.41, 5.74) is 0. The Balaban J connectivity index is 1.78. The molecule has 0 bridgehead atoms. The van der Waals surface area contributed by atoms with Gasteiger partial charge < -0.3 is 14.4 Å². The Bertz CT molecular complexity index is 277. The van der Waals surface area contributed by atoms with Crippen molar-refractivity contribution in [2.45, 2.75) is 57.5 Å². The van der Waals surface area contributed by atoms with Crippen LogP contribution in [0, 0.1) is 11.3 Å². The summed E-state index contributed by atoms with van der Waals surface area (Å²) in [6, 6.07) is 2.74. The molecule has 0 N–H and O–H groups in total. The van der Waals surface area contributed by atoms with E-state index in [-0.39, 0.29) is 12.4 Å². The van der Waals surface area contributed by atoms with E-state index in [9.17, 15) is 0 Å². The van der Waals surface area contributed by atoms with E-state index >= 15 is 0 Å². The molecule has 0 aromatic rings. The van der Waals surface area contributed by atoms with Gasteiger partial charge in [-0.2, -0.15) is 5.26 Å². The number of nitrogens with zero attached hydrogens (tertiary/aromatic N) is 2. The highest BCUT2D eigenvalue weighted by Gasteiger charge is 2.30. The summed E-state index contributed by atoms with van der Waals surface area (Å²) in [4.78, 5) is 2.52. The van der Waals surface area contributed by atoms with Crippen molar-refractivity contribution in [2.75, 3.05) is 19.7 Å². The van der Waals surface area contributed by atoms with Crippen molar-refractivity contribution in [1.82, 2.24) is 4.90 Å². The van der Waals surface area contributed by atoms with Gasteiger partial charge in [-0.1, -0.05) is 13.3 Å². The number of hydrogen-bond acceptors (Lipinski definition) is 4. The number of likely N-dealkylation sites (tertiary alicyclic amines) is 1. The molecule has 2 fully saturated rings. The number of nitriles is 1. The van der Waals surface area contributed by atoms with Gasteiger partial charge in [0.1, 0.15) is 0 Å². The molecule has 2 aliphatic heterocycles. The lowest BCUT2D eigenvalue weighted by molar-refractivity contribution is -0.0784. The monoisotopic (exact) mass is 238 g/mol. The number of hydrogen-bond donors (Lipinski definition) is 0. The topological polar surface area (TPSA) is 45.5 Å². The van der Waals surface area contributed by atoms with Crippen LogP contribution in [-0.2, 0) is 9.47 Å². The molecule has 0 radical (unpaired) electrons. The van der Waals surface area contributed by atoms with Crippen LogP contribution >= 0.6 is 0 Å². The number of ether oxygens (including phenoxy) is 2.